The molecule has 2 rings (SSSR count). The molecule has 2 aromatic carbocycles. The Hall–Kier alpha value is -2.46. The molecule has 0 saturated heterocycles. The van der Waals surface area contributed by atoms with Gasteiger partial charge < -0.3 is 14.7 Å². The summed E-state index contributed by atoms with van der Waals surface area (Å²) in [5.74, 6) is -0.184. The van der Waals surface area contributed by atoms with Crippen LogP contribution in [0.2, 0.25) is 5.02 Å². The highest BCUT2D eigenvalue weighted by Gasteiger charge is 2.01. The Morgan fingerprint density at radius 3 is 2.46 bits per heavy atom. The molecule has 0 spiro atoms. The lowest BCUT2D eigenvalue weighted by Crippen LogP contribution is -2.20. The highest BCUT2D eigenvalue weighted by atomic mass is 35.5. The summed E-state index contributed by atoms with van der Waals surface area (Å²) in [7, 11) is 2.03. The fourth-order valence-electron chi connectivity index (χ4n) is 2.16. The zero-order valence-corrected chi connectivity index (χ0v) is 14.2. The van der Waals surface area contributed by atoms with Gasteiger partial charge in [-0.25, -0.2) is 4.79 Å². The first kappa shape index (κ1) is 17.9. The van der Waals surface area contributed by atoms with E-state index in [2.05, 4.69) is 4.90 Å². The molecule has 0 heterocycles. The molecule has 1 N–H and O–H groups in total. The van der Waals surface area contributed by atoms with Crippen LogP contribution in [-0.2, 0) is 4.79 Å². The molecule has 4 nitrogen and oxygen atoms in total. The largest absolute Gasteiger partial charge is 0.494 e. The molecule has 0 unspecified atom stereocenters. The average molecular weight is 346 g/mol. The van der Waals surface area contributed by atoms with Crippen LogP contribution in [0.4, 0.5) is 5.69 Å². The van der Waals surface area contributed by atoms with Crippen molar-refractivity contribution in [3.8, 4) is 5.75 Å². The number of rotatable bonds is 8. The molecular formula is C19H20ClNO3. The van der Waals surface area contributed by atoms with E-state index < -0.39 is 5.97 Å². The molecule has 24 heavy (non-hydrogen) atoms. The number of carboxylic acids is 1. The Balaban J connectivity index is 1.74. The Kier molecular flexibility index (Phi) is 6.70. The van der Waals surface area contributed by atoms with Gasteiger partial charge in [-0.2, -0.15) is 0 Å². The SMILES string of the molecule is CN(CCCOc1ccc(/C=C/C(=O)O)cc1)c1ccc(Cl)cc1. The van der Waals surface area contributed by atoms with Crippen LogP contribution in [0.3, 0.4) is 0 Å². The molecule has 0 saturated carbocycles. The quantitative estimate of drug-likeness (QED) is 0.571. The number of carboxylic acid groups (broad SMARTS) is 1. The maximum atomic E-state index is 10.5. The zero-order valence-electron chi connectivity index (χ0n) is 13.5. The van der Waals surface area contributed by atoms with Gasteiger partial charge in [-0.05, 0) is 54.5 Å². The molecule has 0 aromatic heterocycles. The monoisotopic (exact) mass is 345 g/mol. The summed E-state index contributed by atoms with van der Waals surface area (Å²) in [5.41, 5.74) is 1.95. The van der Waals surface area contributed by atoms with Gasteiger partial charge in [0.15, 0.2) is 0 Å². The van der Waals surface area contributed by atoms with Gasteiger partial charge >= 0.3 is 5.97 Å². The van der Waals surface area contributed by atoms with Crippen LogP contribution in [0.15, 0.2) is 54.6 Å². The van der Waals surface area contributed by atoms with Crippen molar-refractivity contribution in [2.45, 2.75) is 6.42 Å². The van der Waals surface area contributed by atoms with Crippen LogP contribution in [0.1, 0.15) is 12.0 Å². The van der Waals surface area contributed by atoms with Crippen LogP contribution < -0.4 is 9.64 Å². The number of hydrogen-bond donors (Lipinski definition) is 1. The maximum absolute atomic E-state index is 10.5. The minimum atomic E-state index is -0.958. The summed E-state index contributed by atoms with van der Waals surface area (Å²) in [6, 6.07) is 15.1. The van der Waals surface area contributed by atoms with Crippen molar-refractivity contribution in [2.24, 2.45) is 0 Å². The second-order valence-electron chi connectivity index (χ2n) is 5.34. The number of carbonyl (C=O) groups is 1. The molecule has 126 valence electrons. The normalized spacial score (nSPS) is 10.8. The zero-order chi connectivity index (χ0) is 17.4. The van der Waals surface area contributed by atoms with Gasteiger partial charge in [0.25, 0.3) is 0 Å². The minimum absolute atomic E-state index is 0.613. The van der Waals surface area contributed by atoms with Crippen LogP contribution in [0.5, 0.6) is 5.75 Å². The van der Waals surface area contributed by atoms with E-state index >= 15 is 0 Å². The Bertz CT molecular complexity index is 681. The topological polar surface area (TPSA) is 49.8 Å². The van der Waals surface area contributed by atoms with Gasteiger partial charge in [-0.1, -0.05) is 23.7 Å². The number of aliphatic carboxylic acids is 1. The first-order chi connectivity index (χ1) is 11.5. The number of benzene rings is 2. The molecule has 0 aliphatic heterocycles. The lowest BCUT2D eigenvalue weighted by atomic mass is 10.2. The standard InChI is InChI=1S/C19H20ClNO3/c1-21(17-8-6-16(20)7-9-17)13-2-14-24-18-10-3-15(4-11-18)5-12-19(22)23/h3-12H,2,13-14H2,1H3,(H,22,23)/b12-5+. The smallest absolute Gasteiger partial charge is 0.328 e. The van der Waals surface area contributed by atoms with E-state index in [0.717, 1.165) is 41.1 Å². The number of ether oxygens (including phenoxy) is 1. The summed E-state index contributed by atoms with van der Waals surface area (Å²) in [6.07, 6.45) is 3.55. The van der Waals surface area contributed by atoms with Crippen LogP contribution in [-0.4, -0.2) is 31.3 Å². The van der Waals surface area contributed by atoms with Crippen molar-refractivity contribution < 1.29 is 14.6 Å². The van der Waals surface area contributed by atoms with Crippen molar-refractivity contribution >= 4 is 29.3 Å². The third-order valence-electron chi connectivity index (χ3n) is 3.47. The maximum Gasteiger partial charge on any atom is 0.328 e. The molecule has 0 atom stereocenters. The number of anilines is 1. The lowest BCUT2D eigenvalue weighted by molar-refractivity contribution is -0.131. The first-order valence-electron chi connectivity index (χ1n) is 7.65. The fraction of sp³-hybridized carbons (Fsp3) is 0.211. The number of nitrogens with zero attached hydrogens (tertiary/aromatic N) is 1. The van der Waals surface area contributed by atoms with E-state index in [0.29, 0.717) is 6.61 Å². The predicted molar refractivity (Wildman–Crippen MR) is 97.9 cm³/mol. The number of halogens is 1. The van der Waals surface area contributed by atoms with Crippen LogP contribution in [0.25, 0.3) is 6.08 Å². The lowest BCUT2D eigenvalue weighted by Gasteiger charge is -2.19. The van der Waals surface area contributed by atoms with Gasteiger partial charge in [0.2, 0.25) is 0 Å². The van der Waals surface area contributed by atoms with E-state index in [1.54, 1.807) is 6.08 Å². The molecule has 0 aliphatic rings. The molecule has 2 aromatic rings. The number of hydrogen-bond acceptors (Lipinski definition) is 3. The Morgan fingerprint density at radius 1 is 1.17 bits per heavy atom. The third kappa shape index (κ3) is 5.97. The molecule has 0 amide bonds. The second-order valence-corrected chi connectivity index (χ2v) is 5.78. The van der Waals surface area contributed by atoms with Gasteiger partial charge in [-0.15, -0.1) is 0 Å². The summed E-state index contributed by atoms with van der Waals surface area (Å²) in [5, 5.41) is 9.32. The second kappa shape index (κ2) is 8.99. The van der Waals surface area contributed by atoms with E-state index in [-0.39, 0.29) is 0 Å². The van der Waals surface area contributed by atoms with E-state index in [1.165, 1.54) is 0 Å². The summed E-state index contributed by atoms with van der Waals surface area (Å²) >= 11 is 5.89. The fourth-order valence-corrected chi connectivity index (χ4v) is 2.29. The predicted octanol–water partition coefficient (Wildman–Crippen LogP) is 4.34. The van der Waals surface area contributed by atoms with Crippen molar-refractivity contribution in [3.05, 3.63) is 65.2 Å². The highest BCUT2D eigenvalue weighted by Crippen LogP contribution is 2.17. The Morgan fingerprint density at radius 2 is 1.83 bits per heavy atom. The summed E-state index contributed by atoms with van der Waals surface area (Å²) in [4.78, 5) is 12.6. The van der Waals surface area contributed by atoms with Crippen LogP contribution >= 0.6 is 11.6 Å². The van der Waals surface area contributed by atoms with Gasteiger partial charge in [0, 0.05) is 30.4 Å². The molecule has 0 radical (unpaired) electrons. The van der Waals surface area contributed by atoms with Crippen LogP contribution in [0, 0.1) is 0 Å². The molecule has 5 heteroatoms. The van der Waals surface area contributed by atoms with E-state index in [1.807, 2.05) is 55.6 Å². The summed E-state index contributed by atoms with van der Waals surface area (Å²) in [6.45, 7) is 1.49. The molecule has 0 fully saturated rings. The van der Waals surface area contributed by atoms with E-state index in [4.69, 9.17) is 21.4 Å². The van der Waals surface area contributed by atoms with Crippen molar-refractivity contribution in [3.63, 3.8) is 0 Å². The third-order valence-corrected chi connectivity index (χ3v) is 3.72. The van der Waals surface area contributed by atoms with Gasteiger partial charge in [0.1, 0.15) is 5.75 Å². The molecule has 0 bridgehead atoms. The summed E-state index contributed by atoms with van der Waals surface area (Å²) < 4.78 is 5.70. The van der Waals surface area contributed by atoms with E-state index in [9.17, 15) is 4.79 Å². The molecule has 0 aliphatic carbocycles. The molecular weight excluding hydrogens is 326 g/mol. The van der Waals surface area contributed by atoms with Crippen molar-refractivity contribution in [1.82, 2.24) is 0 Å². The van der Waals surface area contributed by atoms with Crippen molar-refractivity contribution in [2.75, 3.05) is 25.1 Å². The van der Waals surface area contributed by atoms with Gasteiger partial charge in [-0.3, -0.25) is 0 Å². The average Bonchev–Trinajstić information content (AvgIpc) is 2.58. The first-order valence-corrected chi connectivity index (χ1v) is 8.03. The minimum Gasteiger partial charge on any atom is -0.494 e. The van der Waals surface area contributed by atoms with Crippen molar-refractivity contribution in [1.29, 1.82) is 0 Å². The van der Waals surface area contributed by atoms with Gasteiger partial charge in [0.05, 0.1) is 6.61 Å². The Labute approximate surface area is 146 Å². The highest BCUT2D eigenvalue weighted by molar-refractivity contribution is 6.30.